The number of ether oxygens (including phenoxy) is 8. The number of fused-ring (bicyclic) bond motifs is 2. The van der Waals surface area contributed by atoms with Crippen LogP contribution in [0.1, 0.15) is 31.8 Å². The topological polar surface area (TPSA) is 128 Å². The molecule has 4 rings (SSSR count). The third kappa shape index (κ3) is 4.40. The second-order valence-corrected chi connectivity index (χ2v) is 6.65. The average Bonchev–Trinajstić information content (AvgIpc) is 3.40. The number of phenolic OH excluding ortho intramolecular Hbond substituents is 1. The van der Waals surface area contributed by atoms with Gasteiger partial charge < -0.3 is 43.0 Å². The number of rotatable bonds is 7. The lowest BCUT2D eigenvalue weighted by molar-refractivity contribution is 0.0458. The summed E-state index contributed by atoms with van der Waals surface area (Å²) in [6, 6.07) is 2.92. The molecule has 11 nitrogen and oxygen atoms in total. The van der Waals surface area contributed by atoms with Crippen molar-refractivity contribution in [3.05, 3.63) is 34.4 Å². The second-order valence-electron chi connectivity index (χ2n) is 6.65. The molecule has 0 atom stereocenters. The van der Waals surface area contributed by atoms with Gasteiger partial charge in [0.1, 0.15) is 35.8 Å². The molecule has 0 bridgehead atoms. The van der Waals surface area contributed by atoms with Gasteiger partial charge in [-0.3, -0.25) is 0 Å². The maximum absolute atomic E-state index is 11.7. The van der Waals surface area contributed by atoms with Crippen LogP contribution in [0.5, 0.6) is 34.5 Å². The molecule has 0 aliphatic carbocycles. The number of phenols is 1. The molecule has 2 aliphatic rings. The van der Waals surface area contributed by atoms with E-state index in [4.69, 9.17) is 37.9 Å². The van der Waals surface area contributed by atoms with Crippen LogP contribution in [0.2, 0.25) is 0 Å². The minimum atomic E-state index is -0.538. The minimum absolute atomic E-state index is 0.0369. The van der Waals surface area contributed by atoms with Crippen molar-refractivity contribution in [3.63, 3.8) is 0 Å². The molecule has 2 aromatic carbocycles. The molecular formula is C22H24O11. The lowest BCUT2D eigenvalue weighted by Crippen LogP contribution is -2.06. The molecule has 0 fully saturated rings. The largest absolute Gasteiger partial charge is 0.507 e. The van der Waals surface area contributed by atoms with Crippen molar-refractivity contribution in [1.82, 2.24) is 0 Å². The van der Waals surface area contributed by atoms with Crippen LogP contribution in [0.4, 0.5) is 0 Å². The third-order valence-electron chi connectivity index (χ3n) is 4.92. The summed E-state index contributed by atoms with van der Waals surface area (Å²) in [4.78, 5) is 23.0. The normalized spacial score (nSPS) is 13.1. The first-order chi connectivity index (χ1) is 15.9. The lowest BCUT2D eigenvalue weighted by atomic mass is 10.1. The van der Waals surface area contributed by atoms with Crippen molar-refractivity contribution < 1.29 is 52.6 Å². The first-order valence-corrected chi connectivity index (χ1v) is 9.62. The van der Waals surface area contributed by atoms with Crippen LogP contribution in [-0.2, 0) is 27.4 Å². The fourth-order valence-corrected chi connectivity index (χ4v) is 3.48. The van der Waals surface area contributed by atoms with Gasteiger partial charge >= 0.3 is 11.9 Å². The fraction of sp³-hybridized carbons (Fsp3) is 0.364. The number of esters is 2. The maximum Gasteiger partial charge on any atom is 0.342 e. The van der Waals surface area contributed by atoms with Crippen LogP contribution in [0.15, 0.2) is 12.1 Å². The van der Waals surface area contributed by atoms with Gasteiger partial charge in [0.2, 0.25) is 0 Å². The van der Waals surface area contributed by atoms with E-state index in [1.165, 1.54) is 41.6 Å². The molecule has 0 saturated carbocycles. The molecule has 1 N–H and O–H groups in total. The Kier molecular flexibility index (Phi) is 7.34. The highest BCUT2D eigenvalue weighted by Gasteiger charge is 2.32. The number of carbonyl (C=O) groups is 2. The first kappa shape index (κ1) is 23.8. The van der Waals surface area contributed by atoms with Crippen molar-refractivity contribution in [2.75, 3.05) is 42.3 Å². The molecule has 2 heterocycles. The molecule has 0 spiro atoms. The number of aromatic hydroxyl groups is 1. The standard InChI is InChI=1S/C12H14O6.C10H10O5/c1-14-6-18-8-4-9(15-2)11(16-3)7-5-17-12(13)10(7)8;1-13-7-3-6(11)8-5(9(7)14-2)4-15-10(8)12/h4H,5-6H2,1-3H3;3,11H,4H2,1-2H3. The van der Waals surface area contributed by atoms with E-state index >= 15 is 0 Å². The van der Waals surface area contributed by atoms with Crippen LogP contribution in [0, 0.1) is 0 Å². The predicted molar refractivity (Wildman–Crippen MR) is 111 cm³/mol. The predicted octanol–water partition coefficient (Wildman–Crippen LogP) is 2.44. The summed E-state index contributed by atoms with van der Waals surface area (Å²) in [7, 11) is 7.46. The van der Waals surface area contributed by atoms with E-state index in [1.807, 2.05) is 0 Å². The van der Waals surface area contributed by atoms with Gasteiger partial charge in [-0.2, -0.15) is 0 Å². The molecule has 0 radical (unpaired) electrons. The highest BCUT2D eigenvalue weighted by Crippen LogP contribution is 2.43. The van der Waals surface area contributed by atoms with Gasteiger partial charge in [-0.25, -0.2) is 9.59 Å². The van der Waals surface area contributed by atoms with E-state index in [-0.39, 0.29) is 31.3 Å². The van der Waals surface area contributed by atoms with Gasteiger partial charge in [0.05, 0.1) is 39.6 Å². The number of hydrogen-bond acceptors (Lipinski definition) is 11. The second kappa shape index (κ2) is 10.2. The fourth-order valence-electron chi connectivity index (χ4n) is 3.48. The summed E-state index contributed by atoms with van der Waals surface area (Å²) in [5.41, 5.74) is 1.68. The smallest absolute Gasteiger partial charge is 0.342 e. The van der Waals surface area contributed by atoms with Crippen LogP contribution in [0.25, 0.3) is 0 Å². The van der Waals surface area contributed by atoms with Gasteiger partial charge in [-0.05, 0) is 0 Å². The first-order valence-electron chi connectivity index (χ1n) is 9.62. The SMILES string of the molecule is COCOc1cc(OC)c(OC)c2c1C(=O)OC2.COc1cc(O)c2c(c1OC)COC2=O. The van der Waals surface area contributed by atoms with E-state index in [0.717, 1.165) is 0 Å². The summed E-state index contributed by atoms with van der Waals surface area (Å²) in [6.07, 6.45) is 0. The highest BCUT2D eigenvalue weighted by atomic mass is 16.7. The van der Waals surface area contributed by atoms with Gasteiger partial charge in [0.25, 0.3) is 0 Å². The van der Waals surface area contributed by atoms with Gasteiger partial charge in [0.15, 0.2) is 29.8 Å². The Labute approximate surface area is 189 Å². The number of methoxy groups -OCH3 is 5. The zero-order chi connectivity index (χ0) is 24.1. The van der Waals surface area contributed by atoms with Crippen molar-refractivity contribution in [3.8, 4) is 34.5 Å². The summed E-state index contributed by atoms with van der Waals surface area (Å²) >= 11 is 0. The van der Waals surface area contributed by atoms with Crippen molar-refractivity contribution >= 4 is 11.9 Å². The average molecular weight is 464 g/mol. The van der Waals surface area contributed by atoms with E-state index in [2.05, 4.69) is 0 Å². The van der Waals surface area contributed by atoms with Crippen molar-refractivity contribution in [1.29, 1.82) is 0 Å². The van der Waals surface area contributed by atoms with E-state index in [0.29, 0.717) is 45.4 Å². The van der Waals surface area contributed by atoms with Gasteiger partial charge in [-0.1, -0.05) is 0 Å². The van der Waals surface area contributed by atoms with E-state index in [1.54, 1.807) is 6.07 Å². The number of carbonyl (C=O) groups excluding carboxylic acids is 2. The Morgan fingerprint density at radius 2 is 1.27 bits per heavy atom. The van der Waals surface area contributed by atoms with Gasteiger partial charge in [-0.15, -0.1) is 0 Å². The van der Waals surface area contributed by atoms with Crippen LogP contribution in [-0.4, -0.2) is 59.4 Å². The number of cyclic esters (lactones) is 2. The molecule has 0 saturated heterocycles. The Balaban J connectivity index is 0.000000189. The van der Waals surface area contributed by atoms with Crippen LogP contribution in [0.3, 0.4) is 0 Å². The summed E-state index contributed by atoms with van der Waals surface area (Å²) in [6.45, 7) is 0.287. The minimum Gasteiger partial charge on any atom is -0.507 e. The molecule has 0 unspecified atom stereocenters. The monoisotopic (exact) mass is 464 g/mol. The quantitative estimate of drug-likeness (QED) is 0.479. The molecule has 0 aromatic heterocycles. The van der Waals surface area contributed by atoms with E-state index < -0.39 is 11.9 Å². The summed E-state index contributed by atoms with van der Waals surface area (Å²) < 4.78 is 40.6. The third-order valence-corrected chi connectivity index (χ3v) is 4.92. The lowest BCUT2D eigenvalue weighted by Gasteiger charge is -2.14. The Bertz CT molecular complexity index is 1060. The van der Waals surface area contributed by atoms with E-state index in [9.17, 15) is 14.7 Å². The summed E-state index contributed by atoms with van der Waals surface area (Å²) in [5, 5.41) is 9.60. The molecule has 33 heavy (non-hydrogen) atoms. The van der Waals surface area contributed by atoms with Gasteiger partial charge in [0, 0.05) is 19.2 Å². The van der Waals surface area contributed by atoms with Crippen LogP contribution >= 0.6 is 0 Å². The van der Waals surface area contributed by atoms with Crippen molar-refractivity contribution in [2.24, 2.45) is 0 Å². The summed E-state index contributed by atoms with van der Waals surface area (Å²) in [5.74, 6) is 1.03. The molecule has 11 heteroatoms. The molecular weight excluding hydrogens is 440 g/mol. The molecule has 178 valence electrons. The molecule has 0 amide bonds. The maximum atomic E-state index is 11.7. The Morgan fingerprint density at radius 3 is 1.79 bits per heavy atom. The molecule has 2 aliphatic heterocycles. The number of benzene rings is 2. The Morgan fingerprint density at radius 1 is 0.758 bits per heavy atom. The Hall–Kier alpha value is -3.86. The number of hydrogen-bond donors (Lipinski definition) is 1. The zero-order valence-electron chi connectivity index (χ0n) is 18.8. The van der Waals surface area contributed by atoms with Crippen molar-refractivity contribution in [2.45, 2.75) is 13.2 Å². The molecule has 2 aromatic rings. The highest BCUT2D eigenvalue weighted by molar-refractivity contribution is 5.98. The zero-order valence-corrected chi connectivity index (χ0v) is 18.8. The van der Waals surface area contributed by atoms with Crippen LogP contribution < -0.4 is 23.7 Å².